The summed E-state index contributed by atoms with van der Waals surface area (Å²) < 4.78 is 0. The zero-order valence-corrected chi connectivity index (χ0v) is 14.7. The molecular weight excluding hydrogens is 302 g/mol. The first-order chi connectivity index (χ1) is 12.3. The molecule has 0 spiro atoms. The molecule has 1 heterocycles. The van der Waals surface area contributed by atoms with E-state index < -0.39 is 0 Å². The van der Waals surface area contributed by atoms with Gasteiger partial charge in [-0.1, -0.05) is 74.0 Å². The Kier molecular flexibility index (Phi) is 4.47. The van der Waals surface area contributed by atoms with Gasteiger partial charge < -0.3 is 0 Å². The number of benzene rings is 3. The predicted octanol–water partition coefficient (Wildman–Crippen LogP) is 6.32. The van der Waals surface area contributed by atoms with Crippen LogP contribution in [0.1, 0.15) is 36.5 Å². The van der Waals surface area contributed by atoms with Crippen molar-refractivity contribution in [3.63, 3.8) is 0 Å². The highest BCUT2D eigenvalue weighted by Crippen LogP contribution is 2.28. The van der Waals surface area contributed by atoms with Crippen molar-refractivity contribution in [2.24, 2.45) is 0 Å². The summed E-state index contributed by atoms with van der Waals surface area (Å²) in [5.41, 5.74) is 6.34. The molecule has 1 heteroatoms. The summed E-state index contributed by atoms with van der Waals surface area (Å²) >= 11 is 0. The summed E-state index contributed by atoms with van der Waals surface area (Å²) in [4.78, 5) is 4.83. The smallest absolute Gasteiger partial charge is 0.0712 e. The van der Waals surface area contributed by atoms with Crippen LogP contribution >= 0.6 is 0 Å². The van der Waals surface area contributed by atoms with E-state index >= 15 is 0 Å². The fraction of sp³-hybridized carbons (Fsp3) is 0.208. The van der Waals surface area contributed by atoms with Crippen LogP contribution in [0.2, 0.25) is 0 Å². The van der Waals surface area contributed by atoms with E-state index in [0.29, 0.717) is 0 Å². The Balaban J connectivity index is 1.76. The van der Waals surface area contributed by atoms with Crippen LogP contribution in [0.5, 0.6) is 0 Å². The molecule has 4 aromatic rings. The lowest BCUT2D eigenvalue weighted by Gasteiger charge is -2.11. The zero-order chi connectivity index (χ0) is 17.1. The van der Waals surface area contributed by atoms with E-state index in [9.17, 15) is 0 Å². The Labute approximate surface area is 149 Å². The van der Waals surface area contributed by atoms with Crippen LogP contribution in [0.15, 0.2) is 72.8 Å². The van der Waals surface area contributed by atoms with Crippen LogP contribution in [0.3, 0.4) is 0 Å². The van der Waals surface area contributed by atoms with E-state index in [1.54, 1.807) is 0 Å². The molecule has 0 fully saturated rings. The Hall–Kier alpha value is -2.67. The number of fused-ring (bicyclic) bond motifs is 2. The Morgan fingerprint density at radius 3 is 1.84 bits per heavy atom. The van der Waals surface area contributed by atoms with Gasteiger partial charge in [-0.3, -0.25) is 0 Å². The first-order valence-corrected chi connectivity index (χ1v) is 9.19. The van der Waals surface area contributed by atoms with Crippen LogP contribution in [-0.4, -0.2) is 4.98 Å². The maximum Gasteiger partial charge on any atom is 0.0712 e. The number of hydrogen-bond acceptors (Lipinski definition) is 1. The summed E-state index contributed by atoms with van der Waals surface area (Å²) in [6.07, 6.45) is 4.63. The summed E-state index contributed by atoms with van der Waals surface area (Å²) in [5.74, 6) is 0. The molecule has 0 amide bonds. The lowest BCUT2D eigenvalue weighted by Crippen LogP contribution is -1.95. The number of pyridine rings is 1. The van der Waals surface area contributed by atoms with Crippen molar-refractivity contribution in [3.8, 4) is 0 Å². The topological polar surface area (TPSA) is 12.9 Å². The van der Waals surface area contributed by atoms with Gasteiger partial charge in [0.1, 0.15) is 0 Å². The minimum absolute atomic E-state index is 0.942. The van der Waals surface area contributed by atoms with Crippen molar-refractivity contribution in [2.75, 3.05) is 0 Å². The molecule has 0 atom stereocenters. The largest absolute Gasteiger partial charge is 0.248 e. The molecule has 0 aliphatic carbocycles. The Morgan fingerprint density at radius 1 is 0.680 bits per heavy atom. The van der Waals surface area contributed by atoms with Gasteiger partial charge in [-0.15, -0.1) is 0 Å². The van der Waals surface area contributed by atoms with Gasteiger partial charge in [0.15, 0.2) is 0 Å². The molecule has 3 aromatic carbocycles. The van der Waals surface area contributed by atoms with Crippen molar-refractivity contribution in [1.82, 2.24) is 4.98 Å². The standard InChI is InChI=1S/C24H23N/c1-2-3-8-18-13-15-19(16-14-18)17-22-20-9-4-6-11-23(20)25-24-12-7-5-10-21(22)24/h4-7,9-16H,2-3,8,17H2,1H3. The SMILES string of the molecule is CCCCc1ccc(Cc2c3ccccc3nc3ccccc23)cc1. The van der Waals surface area contributed by atoms with Crippen LogP contribution < -0.4 is 0 Å². The van der Waals surface area contributed by atoms with Gasteiger partial charge in [0.2, 0.25) is 0 Å². The highest BCUT2D eigenvalue weighted by Gasteiger charge is 2.09. The third kappa shape index (κ3) is 3.28. The molecule has 0 bridgehead atoms. The van der Waals surface area contributed by atoms with Crippen LogP contribution in [-0.2, 0) is 12.8 Å². The molecular formula is C24H23N. The monoisotopic (exact) mass is 325 g/mol. The summed E-state index contributed by atoms with van der Waals surface area (Å²) in [6, 6.07) is 26.1. The predicted molar refractivity (Wildman–Crippen MR) is 107 cm³/mol. The lowest BCUT2D eigenvalue weighted by atomic mass is 9.95. The maximum absolute atomic E-state index is 4.83. The quantitative estimate of drug-likeness (QED) is 0.391. The van der Waals surface area contributed by atoms with Crippen molar-refractivity contribution < 1.29 is 0 Å². The molecule has 1 aromatic heterocycles. The summed E-state index contributed by atoms with van der Waals surface area (Å²) in [7, 11) is 0. The molecule has 1 nitrogen and oxygen atoms in total. The second-order valence-corrected chi connectivity index (χ2v) is 6.72. The molecule has 0 aliphatic heterocycles. The van der Waals surface area contributed by atoms with Crippen LogP contribution in [0, 0.1) is 0 Å². The number of unbranched alkanes of at least 4 members (excludes halogenated alkanes) is 1. The van der Waals surface area contributed by atoms with Gasteiger partial charge in [-0.2, -0.15) is 0 Å². The Morgan fingerprint density at radius 2 is 1.24 bits per heavy atom. The minimum Gasteiger partial charge on any atom is -0.248 e. The second-order valence-electron chi connectivity index (χ2n) is 6.72. The number of aryl methyl sites for hydroxylation is 1. The van der Waals surface area contributed by atoms with E-state index in [-0.39, 0.29) is 0 Å². The van der Waals surface area contributed by atoms with Crippen molar-refractivity contribution in [3.05, 3.63) is 89.5 Å². The average Bonchev–Trinajstić information content (AvgIpc) is 2.67. The second kappa shape index (κ2) is 7.06. The molecule has 25 heavy (non-hydrogen) atoms. The highest BCUT2D eigenvalue weighted by atomic mass is 14.7. The average molecular weight is 325 g/mol. The minimum atomic E-state index is 0.942. The zero-order valence-electron chi connectivity index (χ0n) is 14.7. The van der Waals surface area contributed by atoms with Gasteiger partial charge in [0.25, 0.3) is 0 Å². The van der Waals surface area contributed by atoms with E-state index in [1.165, 1.54) is 46.7 Å². The van der Waals surface area contributed by atoms with Gasteiger partial charge in [-0.25, -0.2) is 4.98 Å². The summed E-state index contributed by atoms with van der Waals surface area (Å²) in [6.45, 7) is 2.24. The third-order valence-corrected chi connectivity index (χ3v) is 4.92. The highest BCUT2D eigenvalue weighted by molar-refractivity contribution is 5.97. The lowest BCUT2D eigenvalue weighted by molar-refractivity contribution is 0.795. The van der Waals surface area contributed by atoms with E-state index in [0.717, 1.165) is 17.5 Å². The van der Waals surface area contributed by atoms with Crippen molar-refractivity contribution in [1.29, 1.82) is 0 Å². The van der Waals surface area contributed by atoms with Gasteiger partial charge in [0, 0.05) is 10.8 Å². The molecule has 0 N–H and O–H groups in total. The molecule has 124 valence electrons. The number of para-hydroxylation sites is 2. The van der Waals surface area contributed by atoms with Crippen LogP contribution in [0.4, 0.5) is 0 Å². The molecule has 0 aliphatic rings. The first-order valence-electron chi connectivity index (χ1n) is 9.19. The maximum atomic E-state index is 4.83. The number of nitrogens with zero attached hydrogens (tertiary/aromatic N) is 1. The molecule has 0 saturated heterocycles. The number of hydrogen-bond donors (Lipinski definition) is 0. The van der Waals surface area contributed by atoms with Crippen molar-refractivity contribution >= 4 is 21.8 Å². The van der Waals surface area contributed by atoms with E-state index in [2.05, 4.69) is 79.7 Å². The van der Waals surface area contributed by atoms with Crippen LogP contribution in [0.25, 0.3) is 21.8 Å². The third-order valence-electron chi connectivity index (χ3n) is 4.92. The van der Waals surface area contributed by atoms with Gasteiger partial charge >= 0.3 is 0 Å². The van der Waals surface area contributed by atoms with Crippen molar-refractivity contribution in [2.45, 2.75) is 32.6 Å². The normalized spacial score (nSPS) is 11.2. The van der Waals surface area contributed by atoms with E-state index in [1.807, 2.05) is 0 Å². The summed E-state index contributed by atoms with van der Waals surface area (Å²) in [5, 5.41) is 2.52. The van der Waals surface area contributed by atoms with Gasteiger partial charge in [-0.05, 0) is 48.1 Å². The molecule has 0 saturated carbocycles. The molecule has 0 radical (unpaired) electrons. The fourth-order valence-corrected chi connectivity index (χ4v) is 3.53. The van der Waals surface area contributed by atoms with Gasteiger partial charge in [0.05, 0.1) is 11.0 Å². The Bertz CT molecular complexity index is 945. The number of aromatic nitrogens is 1. The number of rotatable bonds is 5. The van der Waals surface area contributed by atoms with E-state index in [4.69, 9.17) is 4.98 Å². The fourth-order valence-electron chi connectivity index (χ4n) is 3.53. The first kappa shape index (κ1) is 15.8. The molecule has 0 unspecified atom stereocenters. The molecule has 4 rings (SSSR count).